The molecular weight excluding hydrogens is 228 g/mol. The highest BCUT2D eigenvalue weighted by Gasteiger charge is 2.16. The van der Waals surface area contributed by atoms with Gasteiger partial charge in [-0.05, 0) is 24.5 Å². The first-order chi connectivity index (χ1) is 8.74. The van der Waals surface area contributed by atoms with Gasteiger partial charge in [0, 0.05) is 18.3 Å². The van der Waals surface area contributed by atoms with E-state index in [9.17, 15) is 4.79 Å². The van der Waals surface area contributed by atoms with Crippen LogP contribution in [0.2, 0.25) is 0 Å². The molecule has 98 valence electrons. The van der Waals surface area contributed by atoms with Crippen LogP contribution < -0.4 is 15.8 Å². The van der Waals surface area contributed by atoms with E-state index in [1.165, 1.54) is 19.3 Å². The van der Waals surface area contributed by atoms with Gasteiger partial charge in [0.25, 0.3) is 5.91 Å². The largest absolute Gasteiger partial charge is 0.484 e. The van der Waals surface area contributed by atoms with E-state index in [1.807, 2.05) is 0 Å². The van der Waals surface area contributed by atoms with Gasteiger partial charge < -0.3 is 15.8 Å². The highest BCUT2D eigenvalue weighted by Crippen LogP contribution is 2.28. The van der Waals surface area contributed by atoms with Crippen molar-refractivity contribution >= 4 is 11.6 Å². The molecule has 1 fully saturated rings. The van der Waals surface area contributed by atoms with Gasteiger partial charge in [0.2, 0.25) is 0 Å². The summed E-state index contributed by atoms with van der Waals surface area (Å²) in [5.74, 6) is 1.38. The lowest BCUT2D eigenvalue weighted by Gasteiger charge is -2.25. The van der Waals surface area contributed by atoms with Crippen LogP contribution in [-0.2, 0) is 4.79 Å². The molecule has 4 heteroatoms. The number of hydrogen-bond acceptors (Lipinski definition) is 3. The molecule has 1 saturated carbocycles. The molecule has 0 atom stereocenters. The van der Waals surface area contributed by atoms with Gasteiger partial charge in [-0.3, -0.25) is 4.79 Å². The van der Waals surface area contributed by atoms with E-state index in [2.05, 4.69) is 5.32 Å². The number of rotatable bonds is 6. The van der Waals surface area contributed by atoms with Crippen LogP contribution >= 0.6 is 0 Å². The van der Waals surface area contributed by atoms with Crippen molar-refractivity contribution in [2.45, 2.75) is 25.7 Å². The van der Waals surface area contributed by atoms with Crippen LogP contribution in [0.5, 0.6) is 5.75 Å². The Balaban J connectivity index is 1.61. The Morgan fingerprint density at radius 3 is 2.94 bits per heavy atom. The van der Waals surface area contributed by atoms with Crippen molar-refractivity contribution in [1.82, 2.24) is 5.32 Å². The van der Waals surface area contributed by atoms with Crippen molar-refractivity contribution in [3.05, 3.63) is 24.3 Å². The number of nitrogen functional groups attached to an aromatic ring is 1. The van der Waals surface area contributed by atoms with Crippen molar-refractivity contribution in [3.63, 3.8) is 0 Å². The van der Waals surface area contributed by atoms with Crippen molar-refractivity contribution < 1.29 is 9.53 Å². The summed E-state index contributed by atoms with van der Waals surface area (Å²) >= 11 is 0. The highest BCUT2D eigenvalue weighted by molar-refractivity contribution is 5.77. The second-order valence-electron chi connectivity index (χ2n) is 4.80. The van der Waals surface area contributed by atoms with Gasteiger partial charge in [-0.15, -0.1) is 0 Å². The molecule has 2 rings (SSSR count). The van der Waals surface area contributed by atoms with Crippen LogP contribution in [0.4, 0.5) is 5.69 Å². The zero-order chi connectivity index (χ0) is 12.8. The number of ether oxygens (including phenoxy) is 1. The number of nitrogens with two attached hydrogens (primary N) is 1. The lowest BCUT2D eigenvalue weighted by molar-refractivity contribution is -0.123. The van der Waals surface area contributed by atoms with Crippen LogP contribution in [0.25, 0.3) is 0 Å². The van der Waals surface area contributed by atoms with Gasteiger partial charge >= 0.3 is 0 Å². The van der Waals surface area contributed by atoms with Gasteiger partial charge in [0.15, 0.2) is 6.61 Å². The maximum atomic E-state index is 11.5. The summed E-state index contributed by atoms with van der Waals surface area (Å²) in [6.45, 7) is 0.803. The molecule has 0 bridgehead atoms. The number of nitrogens with one attached hydrogen (secondary N) is 1. The van der Waals surface area contributed by atoms with Gasteiger partial charge in [0.1, 0.15) is 5.75 Å². The topological polar surface area (TPSA) is 64.3 Å². The van der Waals surface area contributed by atoms with Crippen molar-refractivity contribution in [2.75, 3.05) is 18.9 Å². The molecule has 3 N–H and O–H groups in total. The molecule has 1 aromatic rings. The fourth-order valence-corrected chi connectivity index (χ4v) is 2.00. The minimum Gasteiger partial charge on any atom is -0.484 e. The Hall–Kier alpha value is -1.71. The molecule has 0 radical (unpaired) electrons. The monoisotopic (exact) mass is 248 g/mol. The first-order valence-electron chi connectivity index (χ1n) is 6.49. The average molecular weight is 248 g/mol. The summed E-state index contributed by atoms with van der Waals surface area (Å²) < 4.78 is 5.35. The normalized spacial score (nSPS) is 14.9. The van der Waals surface area contributed by atoms with Crippen LogP contribution in [0.1, 0.15) is 25.7 Å². The van der Waals surface area contributed by atoms with Gasteiger partial charge in [0.05, 0.1) is 0 Å². The van der Waals surface area contributed by atoms with E-state index in [1.54, 1.807) is 24.3 Å². The Labute approximate surface area is 108 Å². The molecule has 0 saturated heterocycles. The maximum Gasteiger partial charge on any atom is 0.257 e. The third-order valence-electron chi connectivity index (χ3n) is 3.33. The highest BCUT2D eigenvalue weighted by atomic mass is 16.5. The summed E-state index contributed by atoms with van der Waals surface area (Å²) in [7, 11) is 0. The number of carbonyl (C=O) groups excluding carboxylic acids is 1. The van der Waals surface area contributed by atoms with E-state index in [0.717, 1.165) is 18.9 Å². The molecule has 0 aliphatic heterocycles. The van der Waals surface area contributed by atoms with Crippen molar-refractivity contribution in [2.24, 2.45) is 5.92 Å². The SMILES string of the molecule is Nc1cccc(OCC(=O)NCCC2CCC2)c1. The van der Waals surface area contributed by atoms with E-state index in [-0.39, 0.29) is 12.5 Å². The quantitative estimate of drug-likeness (QED) is 0.756. The van der Waals surface area contributed by atoms with Crippen LogP contribution in [0, 0.1) is 5.92 Å². The molecule has 1 aliphatic rings. The third-order valence-corrected chi connectivity index (χ3v) is 3.33. The number of benzene rings is 1. The standard InChI is InChI=1S/C14H20N2O2/c15-12-5-2-6-13(9-12)18-10-14(17)16-8-7-11-3-1-4-11/h2,5-6,9,11H,1,3-4,7-8,10,15H2,(H,16,17). The first kappa shape index (κ1) is 12.7. The molecule has 0 aromatic heterocycles. The maximum absolute atomic E-state index is 11.5. The molecule has 0 unspecified atom stereocenters. The van der Waals surface area contributed by atoms with Crippen molar-refractivity contribution in [3.8, 4) is 5.75 Å². The Morgan fingerprint density at radius 2 is 2.28 bits per heavy atom. The second kappa shape index (κ2) is 6.28. The fourth-order valence-electron chi connectivity index (χ4n) is 2.00. The van der Waals surface area contributed by atoms with E-state index in [0.29, 0.717) is 11.4 Å². The predicted octanol–water partition coefficient (Wildman–Crippen LogP) is 1.95. The Morgan fingerprint density at radius 1 is 1.44 bits per heavy atom. The molecule has 1 aliphatic carbocycles. The summed E-state index contributed by atoms with van der Waals surface area (Å²) in [6.07, 6.45) is 5.06. The number of anilines is 1. The summed E-state index contributed by atoms with van der Waals surface area (Å²) in [5, 5.41) is 2.87. The number of carbonyl (C=O) groups is 1. The lowest BCUT2D eigenvalue weighted by Crippen LogP contribution is -2.31. The minimum atomic E-state index is -0.0725. The molecule has 1 aromatic carbocycles. The first-order valence-corrected chi connectivity index (χ1v) is 6.49. The molecule has 0 spiro atoms. The number of amides is 1. The average Bonchev–Trinajstić information content (AvgIpc) is 2.30. The fraction of sp³-hybridized carbons (Fsp3) is 0.500. The summed E-state index contributed by atoms with van der Waals surface area (Å²) in [4.78, 5) is 11.5. The van der Waals surface area contributed by atoms with Crippen LogP contribution in [-0.4, -0.2) is 19.1 Å². The zero-order valence-electron chi connectivity index (χ0n) is 10.5. The Kier molecular flexibility index (Phi) is 4.45. The molecule has 1 amide bonds. The van der Waals surface area contributed by atoms with E-state index < -0.39 is 0 Å². The van der Waals surface area contributed by atoms with Crippen LogP contribution in [0.3, 0.4) is 0 Å². The van der Waals surface area contributed by atoms with E-state index in [4.69, 9.17) is 10.5 Å². The third kappa shape index (κ3) is 3.95. The lowest BCUT2D eigenvalue weighted by atomic mass is 9.83. The molecular formula is C14H20N2O2. The second-order valence-corrected chi connectivity index (χ2v) is 4.80. The van der Waals surface area contributed by atoms with Crippen molar-refractivity contribution in [1.29, 1.82) is 0 Å². The smallest absolute Gasteiger partial charge is 0.257 e. The predicted molar refractivity (Wildman–Crippen MR) is 71.3 cm³/mol. The van der Waals surface area contributed by atoms with Gasteiger partial charge in [-0.1, -0.05) is 25.3 Å². The molecule has 4 nitrogen and oxygen atoms in total. The van der Waals surface area contributed by atoms with Gasteiger partial charge in [-0.2, -0.15) is 0 Å². The molecule has 18 heavy (non-hydrogen) atoms. The summed E-state index contributed by atoms with van der Waals surface area (Å²) in [6, 6.07) is 7.09. The van der Waals surface area contributed by atoms with E-state index >= 15 is 0 Å². The zero-order valence-corrected chi connectivity index (χ0v) is 10.5. The number of hydrogen-bond donors (Lipinski definition) is 2. The minimum absolute atomic E-state index is 0.0497. The summed E-state index contributed by atoms with van der Waals surface area (Å²) in [5.41, 5.74) is 6.26. The van der Waals surface area contributed by atoms with Crippen LogP contribution in [0.15, 0.2) is 24.3 Å². The Bertz CT molecular complexity index is 403. The molecule has 0 heterocycles. The van der Waals surface area contributed by atoms with Gasteiger partial charge in [-0.25, -0.2) is 0 Å².